The molecule has 10 nitrogen and oxygen atoms in total. The van der Waals surface area contributed by atoms with Crippen LogP contribution in [-0.2, 0) is 28.7 Å². The summed E-state index contributed by atoms with van der Waals surface area (Å²) in [7, 11) is 1.71. The molecule has 2 aromatic rings. The van der Waals surface area contributed by atoms with Gasteiger partial charge in [-0.2, -0.15) is 0 Å². The highest BCUT2D eigenvalue weighted by molar-refractivity contribution is 5.99. The third kappa shape index (κ3) is 6.32. The Morgan fingerprint density at radius 2 is 1.67 bits per heavy atom. The van der Waals surface area contributed by atoms with E-state index in [4.69, 9.17) is 9.47 Å². The summed E-state index contributed by atoms with van der Waals surface area (Å²) in [6.07, 6.45) is 8.93. The number of esters is 1. The van der Waals surface area contributed by atoms with Gasteiger partial charge in [-0.25, -0.2) is 0 Å². The standard InChI is InChI=1S/C39H47N3O7/c1-4-5-14-23-41-24-15-22-39-33(36(45)42(35(39)37(41)46)29(25-43)27-16-8-6-9-17-27)32-30(49-39)20-12-13-21-31(44)40(3)26(2)34(48-38(32)47)28-18-10-7-11-19-28/h6-12,15-20,22,26,29-30,32-35,43H,4-5,13-14,21,23-25H2,1-3H3/b20-12-/t26-,29+,30-,32+,33+,34+,35-,39+/m0/s1. The highest BCUT2D eigenvalue weighted by Gasteiger charge is 2.72. The average molecular weight is 670 g/mol. The lowest BCUT2D eigenvalue weighted by Crippen LogP contribution is -2.56. The fourth-order valence-electron chi connectivity index (χ4n) is 7.99. The van der Waals surface area contributed by atoms with E-state index < -0.39 is 66.3 Å². The number of hydrogen-bond acceptors (Lipinski definition) is 7. The van der Waals surface area contributed by atoms with E-state index in [0.29, 0.717) is 25.1 Å². The summed E-state index contributed by atoms with van der Waals surface area (Å²) < 4.78 is 13.2. The van der Waals surface area contributed by atoms with Crippen molar-refractivity contribution in [2.75, 3.05) is 26.7 Å². The molecule has 4 aliphatic rings. The van der Waals surface area contributed by atoms with Gasteiger partial charge in [0.1, 0.15) is 23.7 Å². The molecule has 0 aliphatic carbocycles. The first kappa shape index (κ1) is 34.6. The maximum atomic E-state index is 15.0. The summed E-state index contributed by atoms with van der Waals surface area (Å²) in [6.45, 7) is 4.38. The molecule has 0 radical (unpaired) electrons. The van der Waals surface area contributed by atoms with Crippen LogP contribution in [0.2, 0.25) is 0 Å². The van der Waals surface area contributed by atoms with Crippen molar-refractivity contribution in [3.8, 4) is 0 Å². The average Bonchev–Trinajstić information content (AvgIpc) is 3.51. The third-order valence-corrected chi connectivity index (χ3v) is 10.7. The van der Waals surface area contributed by atoms with Crippen LogP contribution in [0.15, 0.2) is 85.0 Å². The molecule has 2 aromatic carbocycles. The molecule has 6 rings (SSSR count). The molecule has 10 heteroatoms. The summed E-state index contributed by atoms with van der Waals surface area (Å²) >= 11 is 0. The number of rotatable bonds is 8. The predicted octanol–water partition coefficient (Wildman–Crippen LogP) is 4.37. The van der Waals surface area contributed by atoms with Gasteiger partial charge in [-0.1, -0.05) is 105 Å². The minimum atomic E-state index is -1.49. The molecule has 3 amide bonds. The minimum absolute atomic E-state index is 0.0867. The number of amides is 3. The lowest BCUT2D eigenvalue weighted by Gasteiger charge is -2.38. The molecule has 0 unspecified atom stereocenters. The molecule has 1 N–H and O–H groups in total. The van der Waals surface area contributed by atoms with Crippen LogP contribution < -0.4 is 0 Å². The van der Waals surface area contributed by atoms with Gasteiger partial charge in [0, 0.05) is 26.6 Å². The number of hydrogen-bond donors (Lipinski definition) is 1. The number of cyclic esters (lactones) is 1. The zero-order chi connectivity index (χ0) is 34.7. The molecular formula is C39H47N3O7. The predicted molar refractivity (Wildman–Crippen MR) is 183 cm³/mol. The van der Waals surface area contributed by atoms with Crippen LogP contribution in [0.4, 0.5) is 0 Å². The Hall–Kier alpha value is -4.28. The number of carbonyl (C=O) groups excluding carboxylic acids is 4. The minimum Gasteiger partial charge on any atom is -0.455 e. The number of aliphatic hydroxyl groups excluding tert-OH is 1. The van der Waals surface area contributed by atoms with Gasteiger partial charge in [0.05, 0.1) is 30.7 Å². The summed E-state index contributed by atoms with van der Waals surface area (Å²) in [5, 5.41) is 10.8. The first-order valence-corrected chi connectivity index (χ1v) is 17.5. The van der Waals surface area contributed by atoms with Crippen molar-refractivity contribution >= 4 is 23.7 Å². The van der Waals surface area contributed by atoms with Crippen molar-refractivity contribution in [2.24, 2.45) is 11.8 Å². The number of carbonyl (C=O) groups is 4. The Bertz CT molecular complexity index is 1580. The third-order valence-electron chi connectivity index (χ3n) is 10.7. The first-order valence-electron chi connectivity index (χ1n) is 17.5. The van der Waals surface area contributed by atoms with Crippen LogP contribution in [0.25, 0.3) is 0 Å². The number of likely N-dealkylation sites (tertiary alicyclic amines) is 1. The van der Waals surface area contributed by atoms with Crippen LogP contribution in [0.1, 0.15) is 69.2 Å². The fourth-order valence-corrected chi connectivity index (χ4v) is 7.99. The Morgan fingerprint density at radius 1 is 0.959 bits per heavy atom. The number of benzene rings is 2. The van der Waals surface area contributed by atoms with E-state index >= 15 is 0 Å². The monoisotopic (exact) mass is 669 g/mol. The molecule has 260 valence electrons. The Balaban J connectivity index is 1.47. The highest BCUT2D eigenvalue weighted by atomic mass is 16.6. The Morgan fingerprint density at radius 3 is 2.37 bits per heavy atom. The van der Waals surface area contributed by atoms with Crippen LogP contribution >= 0.6 is 0 Å². The molecule has 8 atom stereocenters. The van der Waals surface area contributed by atoms with Crippen molar-refractivity contribution in [2.45, 2.75) is 81.9 Å². The maximum absolute atomic E-state index is 15.0. The fraction of sp³-hybridized carbons (Fsp3) is 0.487. The second-order valence-corrected chi connectivity index (χ2v) is 13.6. The van der Waals surface area contributed by atoms with E-state index in [1.54, 1.807) is 29.0 Å². The maximum Gasteiger partial charge on any atom is 0.313 e. The summed E-state index contributed by atoms with van der Waals surface area (Å²) in [6, 6.07) is 16.0. The van der Waals surface area contributed by atoms with E-state index in [9.17, 15) is 24.3 Å². The normalized spacial score (nSPS) is 31.6. The van der Waals surface area contributed by atoms with Gasteiger partial charge in [-0.15, -0.1) is 0 Å². The lowest BCUT2D eigenvalue weighted by molar-refractivity contribution is -0.164. The summed E-state index contributed by atoms with van der Waals surface area (Å²) in [5.74, 6) is -3.63. The van der Waals surface area contributed by atoms with E-state index in [-0.39, 0.29) is 18.2 Å². The van der Waals surface area contributed by atoms with Crippen molar-refractivity contribution in [3.05, 3.63) is 96.1 Å². The molecule has 1 spiro atoms. The van der Waals surface area contributed by atoms with Crippen LogP contribution in [0, 0.1) is 11.8 Å². The van der Waals surface area contributed by atoms with Gasteiger partial charge in [-0.3, -0.25) is 19.2 Å². The van der Waals surface area contributed by atoms with Gasteiger partial charge in [0.25, 0.3) is 0 Å². The smallest absolute Gasteiger partial charge is 0.313 e. The van der Waals surface area contributed by atoms with Crippen LogP contribution in [-0.4, -0.2) is 94.0 Å². The summed E-state index contributed by atoms with van der Waals surface area (Å²) in [5.41, 5.74) is -0.0972. The first-order chi connectivity index (χ1) is 23.7. The highest BCUT2D eigenvalue weighted by Crippen LogP contribution is 2.55. The van der Waals surface area contributed by atoms with Gasteiger partial charge in [0.15, 0.2) is 0 Å². The second kappa shape index (κ2) is 14.7. The SMILES string of the molecule is CCCCCN1CC=C[C@@]23O[C@H]4/C=C\CCC(=O)N(C)[C@@H](C)[C@H](c5ccccc5)OC(=O)[C@H]4[C@@H]2C(=O)N([C@H](CO)c2ccccc2)[C@H]3C1=O. The van der Waals surface area contributed by atoms with Crippen molar-refractivity contribution < 1.29 is 33.8 Å². The van der Waals surface area contributed by atoms with Gasteiger partial charge in [0.2, 0.25) is 17.7 Å². The molecule has 0 saturated carbocycles. The molecule has 49 heavy (non-hydrogen) atoms. The molecule has 2 fully saturated rings. The van der Waals surface area contributed by atoms with Crippen molar-refractivity contribution in [1.29, 1.82) is 0 Å². The molecular weight excluding hydrogens is 622 g/mol. The Labute approximate surface area is 288 Å². The van der Waals surface area contributed by atoms with Gasteiger partial charge >= 0.3 is 5.97 Å². The number of ether oxygens (including phenoxy) is 2. The quantitative estimate of drug-likeness (QED) is 0.252. The number of unbranched alkanes of at least 4 members (excludes halogenated alkanes) is 2. The van der Waals surface area contributed by atoms with Crippen molar-refractivity contribution in [3.63, 3.8) is 0 Å². The van der Waals surface area contributed by atoms with E-state index in [1.807, 2.05) is 79.7 Å². The van der Waals surface area contributed by atoms with Crippen LogP contribution in [0.5, 0.6) is 0 Å². The van der Waals surface area contributed by atoms with E-state index in [2.05, 4.69) is 6.92 Å². The molecule has 4 heterocycles. The molecule has 4 aliphatic heterocycles. The Kier molecular flexibility index (Phi) is 10.4. The van der Waals surface area contributed by atoms with Crippen molar-refractivity contribution in [1.82, 2.24) is 14.7 Å². The molecule has 0 aromatic heterocycles. The number of aliphatic hydroxyl groups is 1. The topological polar surface area (TPSA) is 117 Å². The second-order valence-electron chi connectivity index (χ2n) is 13.6. The zero-order valence-corrected chi connectivity index (χ0v) is 28.5. The van der Waals surface area contributed by atoms with Gasteiger partial charge < -0.3 is 29.3 Å². The van der Waals surface area contributed by atoms with Gasteiger partial charge in [-0.05, 0) is 30.9 Å². The number of likely N-dealkylation sites (N-methyl/N-ethyl adjacent to an activating group) is 1. The lowest BCUT2D eigenvalue weighted by atomic mass is 9.77. The summed E-state index contributed by atoms with van der Waals surface area (Å²) in [4.78, 5) is 62.3. The number of allylic oxidation sites excluding steroid dienone is 1. The molecule has 0 bridgehead atoms. The van der Waals surface area contributed by atoms with E-state index in [0.717, 1.165) is 24.8 Å². The number of fused-ring (bicyclic) bond motifs is 2. The zero-order valence-electron chi connectivity index (χ0n) is 28.5. The number of nitrogens with zero attached hydrogens (tertiary/aromatic N) is 3. The molecule has 2 saturated heterocycles. The largest absolute Gasteiger partial charge is 0.455 e. The van der Waals surface area contributed by atoms with Crippen LogP contribution in [0.3, 0.4) is 0 Å². The van der Waals surface area contributed by atoms with E-state index in [1.165, 1.54) is 4.90 Å².